The Balaban J connectivity index is 2.21. The number of methoxy groups -OCH3 is 1. The molecule has 82 valence electrons. The average molecular weight is 234 g/mol. The van der Waals surface area contributed by atoms with Crippen molar-refractivity contribution in [2.24, 2.45) is 10.7 Å². The zero-order valence-corrected chi connectivity index (χ0v) is 9.45. The van der Waals surface area contributed by atoms with Crippen LogP contribution < -0.4 is 10.5 Å². The van der Waals surface area contributed by atoms with Crippen LogP contribution in [0.2, 0.25) is 0 Å². The molecule has 0 saturated carbocycles. The number of nitrogens with two attached hydrogens (primary N) is 1. The highest BCUT2D eigenvalue weighted by atomic mass is 32.2. The molecule has 0 aliphatic carbocycles. The van der Waals surface area contributed by atoms with Gasteiger partial charge in [0.2, 0.25) is 0 Å². The van der Waals surface area contributed by atoms with Crippen LogP contribution >= 0.6 is 11.8 Å². The molecule has 0 spiro atoms. The topological polar surface area (TPSA) is 64.7 Å². The van der Waals surface area contributed by atoms with E-state index in [9.17, 15) is 4.79 Å². The maximum Gasteiger partial charge on any atom is 0.286 e. The summed E-state index contributed by atoms with van der Waals surface area (Å²) in [5.74, 6) is 0.502. The summed E-state index contributed by atoms with van der Waals surface area (Å²) in [6, 6.07) is 7.41. The lowest BCUT2D eigenvalue weighted by atomic mass is 10.2. The molecule has 16 heavy (non-hydrogen) atoms. The van der Waals surface area contributed by atoms with Crippen LogP contribution in [0.3, 0.4) is 0 Å². The Hall–Kier alpha value is -1.75. The van der Waals surface area contributed by atoms with Gasteiger partial charge in [0.15, 0.2) is 5.17 Å². The van der Waals surface area contributed by atoms with Gasteiger partial charge in [0.1, 0.15) is 5.75 Å². The number of thioether (sulfide) groups is 1. The van der Waals surface area contributed by atoms with E-state index in [0.717, 1.165) is 11.3 Å². The molecule has 4 nitrogen and oxygen atoms in total. The van der Waals surface area contributed by atoms with Gasteiger partial charge in [0, 0.05) is 0 Å². The number of rotatable bonds is 2. The Morgan fingerprint density at radius 2 is 2.06 bits per heavy atom. The molecular weight excluding hydrogens is 224 g/mol. The van der Waals surface area contributed by atoms with Gasteiger partial charge in [0.25, 0.3) is 5.91 Å². The number of aliphatic imine (C=N–C) groups is 1. The lowest BCUT2D eigenvalue weighted by Crippen LogP contribution is -2.01. The minimum Gasteiger partial charge on any atom is -0.497 e. The van der Waals surface area contributed by atoms with Gasteiger partial charge < -0.3 is 10.5 Å². The summed E-state index contributed by atoms with van der Waals surface area (Å²) < 4.78 is 5.04. The number of carbonyl (C=O) groups is 1. The molecule has 5 heteroatoms. The molecule has 0 atom stereocenters. The van der Waals surface area contributed by atoms with Crippen LogP contribution in [0.1, 0.15) is 5.56 Å². The van der Waals surface area contributed by atoms with E-state index in [2.05, 4.69) is 4.99 Å². The van der Waals surface area contributed by atoms with Crippen molar-refractivity contribution in [2.75, 3.05) is 7.11 Å². The predicted octanol–water partition coefficient (Wildman–Crippen LogP) is 1.62. The molecule has 1 aliphatic rings. The van der Waals surface area contributed by atoms with E-state index in [1.165, 1.54) is 11.8 Å². The minimum absolute atomic E-state index is 0.279. The standard InChI is InChI=1S/C11H10N2O2S/c1-15-8-4-2-7(3-5-8)6-9-10(14)13-11(12)16-9/h2-6H,1H3,(H2,12,13,14). The van der Waals surface area contributed by atoms with Crippen LogP contribution in [-0.4, -0.2) is 18.2 Å². The molecule has 0 unspecified atom stereocenters. The van der Waals surface area contributed by atoms with E-state index in [0.29, 0.717) is 10.1 Å². The molecule has 1 aromatic rings. The third-order valence-electron chi connectivity index (χ3n) is 2.05. The van der Waals surface area contributed by atoms with Crippen LogP contribution in [0.15, 0.2) is 34.2 Å². The number of amidine groups is 1. The summed E-state index contributed by atoms with van der Waals surface area (Å²) in [6.07, 6.45) is 1.76. The summed E-state index contributed by atoms with van der Waals surface area (Å²) in [6.45, 7) is 0. The third kappa shape index (κ3) is 2.25. The SMILES string of the molecule is COc1ccc(C=C2SC(N)=NC2=O)cc1. The average Bonchev–Trinajstić information content (AvgIpc) is 2.59. The van der Waals surface area contributed by atoms with Crippen LogP contribution in [0, 0.1) is 0 Å². The van der Waals surface area contributed by atoms with Gasteiger partial charge in [-0.15, -0.1) is 0 Å². The van der Waals surface area contributed by atoms with Gasteiger partial charge in [-0.05, 0) is 35.5 Å². The van der Waals surface area contributed by atoms with Crippen molar-refractivity contribution in [2.45, 2.75) is 0 Å². The third-order valence-corrected chi connectivity index (χ3v) is 2.86. The Bertz CT molecular complexity index is 477. The molecule has 0 saturated heterocycles. The molecular formula is C11H10N2O2S. The molecule has 0 radical (unpaired) electrons. The van der Waals surface area contributed by atoms with Gasteiger partial charge >= 0.3 is 0 Å². The highest BCUT2D eigenvalue weighted by molar-refractivity contribution is 8.18. The number of hydrogen-bond acceptors (Lipinski definition) is 4. The van der Waals surface area contributed by atoms with Gasteiger partial charge in [-0.1, -0.05) is 12.1 Å². The van der Waals surface area contributed by atoms with Crippen molar-refractivity contribution in [3.63, 3.8) is 0 Å². The first-order chi connectivity index (χ1) is 7.69. The Labute approximate surface area is 97.2 Å². The molecule has 2 N–H and O–H groups in total. The summed E-state index contributed by atoms with van der Waals surface area (Å²) in [5.41, 5.74) is 6.36. The van der Waals surface area contributed by atoms with Crippen molar-refractivity contribution in [1.29, 1.82) is 0 Å². The fourth-order valence-corrected chi connectivity index (χ4v) is 1.96. The summed E-state index contributed by atoms with van der Waals surface area (Å²) >= 11 is 1.19. The van der Waals surface area contributed by atoms with Gasteiger partial charge in [-0.2, -0.15) is 4.99 Å². The second kappa shape index (κ2) is 4.40. The monoisotopic (exact) mass is 234 g/mol. The number of nitrogens with zero attached hydrogens (tertiary/aromatic N) is 1. The molecule has 0 aromatic heterocycles. The normalized spacial score (nSPS) is 17.7. The maximum atomic E-state index is 11.3. The lowest BCUT2D eigenvalue weighted by Gasteiger charge is -1.99. The first-order valence-corrected chi connectivity index (χ1v) is 5.43. The first-order valence-electron chi connectivity index (χ1n) is 4.61. The predicted molar refractivity (Wildman–Crippen MR) is 65.2 cm³/mol. The minimum atomic E-state index is -0.279. The van der Waals surface area contributed by atoms with Crippen molar-refractivity contribution >= 4 is 28.9 Å². The van der Waals surface area contributed by atoms with E-state index in [1.807, 2.05) is 24.3 Å². The van der Waals surface area contributed by atoms with E-state index in [4.69, 9.17) is 10.5 Å². The van der Waals surface area contributed by atoms with Crippen molar-refractivity contribution in [3.05, 3.63) is 34.7 Å². The van der Waals surface area contributed by atoms with Crippen molar-refractivity contribution in [1.82, 2.24) is 0 Å². The fourth-order valence-electron chi connectivity index (χ4n) is 1.28. The molecule has 1 amide bonds. The number of benzene rings is 1. The van der Waals surface area contributed by atoms with Crippen LogP contribution in [0.25, 0.3) is 6.08 Å². The highest BCUT2D eigenvalue weighted by Crippen LogP contribution is 2.26. The summed E-state index contributed by atoms with van der Waals surface area (Å²) in [5, 5.41) is 0.296. The van der Waals surface area contributed by atoms with E-state index < -0.39 is 0 Å². The fraction of sp³-hybridized carbons (Fsp3) is 0.0909. The van der Waals surface area contributed by atoms with Gasteiger partial charge in [0.05, 0.1) is 12.0 Å². The van der Waals surface area contributed by atoms with Crippen LogP contribution in [-0.2, 0) is 4.79 Å². The lowest BCUT2D eigenvalue weighted by molar-refractivity contribution is -0.113. The highest BCUT2D eigenvalue weighted by Gasteiger charge is 2.19. The second-order valence-electron chi connectivity index (χ2n) is 3.14. The number of carbonyl (C=O) groups excluding carboxylic acids is 1. The van der Waals surface area contributed by atoms with E-state index >= 15 is 0 Å². The Morgan fingerprint density at radius 1 is 1.38 bits per heavy atom. The van der Waals surface area contributed by atoms with Crippen molar-refractivity contribution in [3.8, 4) is 5.75 Å². The first kappa shape index (κ1) is 10.8. The molecule has 2 rings (SSSR count). The largest absolute Gasteiger partial charge is 0.497 e. The zero-order chi connectivity index (χ0) is 11.5. The van der Waals surface area contributed by atoms with Gasteiger partial charge in [-0.25, -0.2) is 0 Å². The molecule has 1 aromatic carbocycles. The summed E-state index contributed by atoms with van der Waals surface area (Å²) in [4.78, 5) is 15.5. The quantitative estimate of drug-likeness (QED) is 0.790. The zero-order valence-electron chi connectivity index (χ0n) is 8.64. The van der Waals surface area contributed by atoms with Crippen molar-refractivity contribution < 1.29 is 9.53 Å². The smallest absolute Gasteiger partial charge is 0.286 e. The van der Waals surface area contributed by atoms with Gasteiger partial charge in [-0.3, -0.25) is 4.79 Å². The maximum absolute atomic E-state index is 11.3. The van der Waals surface area contributed by atoms with E-state index in [1.54, 1.807) is 13.2 Å². The number of ether oxygens (including phenoxy) is 1. The molecule has 0 fully saturated rings. The Morgan fingerprint density at radius 3 is 2.56 bits per heavy atom. The molecule has 0 bridgehead atoms. The number of hydrogen-bond donors (Lipinski definition) is 1. The van der Waals surface area contributed by atoms with E-state index in [-0.39, 0.29) is 5.91 Å². The molecule has 1 aliphatic heterocycles. The second-order valence-corrected chi connectivity index (χ2v) is 4.20. The number of amides is 1. The summed E-state index contributed by atoms with van der Waals surface area (Å²) in [7, 11) is 1.61. The van der Waals surface area contributed by atoms with Crippen LogP contribution in [0.4, 0.5) is 0 Å². The Kier molecular flexibility index (Phi) is 2.96. The van der Waals surface area contributed by atoms with Crippen LogP contribution in [0.5, 0.6) is 5.75 Å². The molecule has 1 heterocycles.